The fourth-order valence-corrected chi connectivity index (χ4v) is 5.62. The molecule has 0 radical (unpaired) electrons. The van der Waals surface area contributed by atoms with Crippen LogP contribution in [0.2, 0.25) is 0 Å². The van der Waals surface area contributed by atoms with Gasteiger partial charge in [0, 0.05) is 36.6 Å². The average Bonchev–Trinajstić information content (AvgIpc) is 3.61. The number of amides is 1. The Morgan fingerprint density at radius 1 is 1.10 bits per heavy atom. The molecule has 9 heteroatoms. The molecule has 3 aromatic heterocycles. The van der Waals surface area contributed by atoms with Gasteiger partial charge in [-0.2, -0.15) is 0 Å². The number of hydrogen-bond donors (Lipinski definition) is 1. The summed E-state index contributed by atoms with van der Waals surface area (Å²) >= 11 is 1.52. The second kappa shape index (κ2) is 14.1. The van der Waals surface area contributed by atoms with E-state index >= 15 is 0 Å². The highest BCUT2D eigenvalue weighted by molar-refractivity contribution is 7.13. The Morgan fingerprint density at radius 3 is 2.62 bits per heavy atom. The van der Waals surface area contributed by atoms with E-state index in [1.807, 2.05) is 36.6 Å². The summed E-state index contributed by atoms with van der Waals surface area (Å²) in [4.78, 5) is 26.9. The summed E-state index contributed by atoms with van der Waals surface area (Å²) in [6.07, 6.45) is 10.3. The molecule has 0 bridgehead atoms. The van der Waals surface area contributed by atoms with Crippen LogP contribution in [0.4, 0.5) is 0 Å². The molecule has 0 fully saturated rings. The van der Waals surface area contributed by atoms with E-state index in [-0.39, 0.29) is 5.91 Å². The molecule has 8 nitrogen and oxygen atoms in total. The molecule has 1 N–H and O–H groups in total. The zero-order valence-corrected chi connectivity index (χ0v) is 24.9. The predicted octanol–water partition coefficient (Wildman–Crippen LogP) is 6.58. The van der Waals surface area contributed by atoms with Gasteiger partial charge >= 0.3 is 0 Å². The van der Waals surface area contributed by atoms with Crippen LogP contribution < -0.4 is 14.8 Å². The molecule has 40 heavy (non-hydrogen) atoms. The number of rotatable bonds is 14. The monoisotopic (exact) mass is 561 g/mol. The summed E-state index contributed by atoms with van der Waals surface area (Å²) in [5.74, 6) is 1.85. The van der Waals surface area contributed by atoms with Gasteiger partial charge in [-0.3, -0.25) is 14.8 Å². The number of methoxy groups -OCH3 is 2. The fraction of sp³-hybridized carbons (Fsp3) is 0.419. The number of unbranched alkanes of at least 4 members (excludes halogenated alkanes) is 1. The minimum atomic E-state index is -0.0389. The number of nitrogens with one attached hydrogen (secondary N) is 1. The number of aryl methyl sites for hydroxylation is 1. The molecule has 0 saturated heterocycles. The first kappa shape index (κ1) is 29.3. The van der Waals surface area contributed by atoms with Crippen LogP contribution >= 0.6 is 11.3 Å². The van der Waals surface area contributed by atoms with Gasteiger partial charge < -0.3 is 19.4 Å². The Balaban J connectivity index is 1.63. The number of benzene rings is 1. The standard InChI is InChI=1S/C31H39N5O3S/c1-6-8-9-22(7-2)18-34-30(37)24-17-27(26-20-40-31(35-26)25-19-32-13-14-33-25)36(21(24)3)15-12-23-10-11-28(38-4)29(16-23)39-5/h10-11,13-14,16-17,19-20,22H,6-9,12,15,18H2,1-5H3,(H,34,37). The molecule has 0 aliphatic rings. The molecule has 4 aromatic rings. The summed E-state index contributed by atoms with van der Waals surface area (Å²) in [6.45, 7) is 7.77. The van der Waals surface area contributed by atoms with E-state index in [9.17, 15) is 4.79 Å². The van der Waals surface area contributed by atoms with E-state index in [4.69, 9.17) is 14.5 Å². The minimum absolute atomic E-state index is 0.0389. The maximum atomic E-state index is 13.4. The normalized spacial score (nSPS) is 11.8. The van der Waals surface area contributed by atoms with Gasteiger partial charge in [0.25, 0.3) is 5.91 Å². The van der Waals surface area contributed by atoms with E-state index in [1.165, 1.54) is 24.2 Å². The topological polar surface area (TPSA) is 91.2 Å². The van der Waals surface area contributed by atoms with Crippen LogP contribution in [0.5, 0.6) is 11.5 Å². The first-order valence-electron chi connectivity index (χ1n) is 13.9. The van der Waals surface area contributed by atoms with Gasteiger partial charge in [0.2, 0.25) is 0 Å². The number of ether oxygens (including phenoxy) is 2. The summed E-state index contributed by atoms with van der Waals surface area (Å²) in [5, 5.41) is 6.02. The van der Waals surface area contributed by atoms with Crippen molar-refractivity contribution in [3.63, 3.8) is 0 Å². The summed E-state index contributed by atoms with van der Waals surface area (Å²) in [7, 11) is 3.28. The van der Waals surface area contributed by atoms with Crippen molar-refractivity contribution in [2.45, 2.75) is 59.4 Å². The van der Waals surface area contributed by atoms with E-state index in [2.05, 4.69) is 33.7 Å². The van der Waals surface area contributed by atoms with Crippen molar-refractivity contribution in [3.8, 4) is 33.6 Å². The maximum absolute atomic E-state index is 13.4. The molecule has 0 aliphatic carbocycles. The first-order valence-corrected chi connectivity index (χ1v) is 14.8. The second-order valence-electron chi connectivity index (χ2n) is 9.87. The van der Waals surface area contributed by atoms with Crippen molar-refractivity contribution >= 4 is 17.2 Å². The lowest BCUT2D eigenvalue weighted by atomic mass is 9.99. The quantitative estimate of drug-likeness (QED) is 0.187. The molecule has 1 atom stereocenters. The van der Waals surface area contributed by atoms with Crippen LogP contribution in [0, 0.1) is 12.8 Å². The second-order valence-corrected chi connectivity index (χ2v) is 10.7. The molecule has 4 rings (SSSR count). The number of hydrogen-bond acceptors (Lipinski definition) is 7. The molecule has 1 aromatic carbocycles. The van der Waals surface area contributed by atoms with Crippen LogP contribution in [0.3, 0.4) is 0 Å². The molecule has 212 valence electrons. The van der Waals surface area contributed by atoms with Gasteiger partial charge in [-0.25, -0.2) is 4.98 Å². The summed E-state index contributed by atoms with van der Waals surface area (Å²) < 4.78 is 13.1. The molecule has 0 spiro atoms. The smallest absolute Gasteiger partial charge is 0.253 e. The number of carbonyl (C=O) groups is 1. The summed E-state index contributed by atoms with van der Waals surface area (Å²) in [5.41, 5.74) is 5.17. The third-order valence-corrected chi connectivity index (χ3v) is 8.19. The van der Waals surface area contributed by atoms with Crippen molar-refractivity contribution in [2.75, 3.05) is 20.8 Å². The number of aromatic nitrogens is 4. The van der Waals surface area contributed by atoms with Gasteiger partial charge in [-0.15, -0.1) is 11.3 Å². The predicted molar refractivity (Wildman–Crippen MR) is 160 cm³/mol. The number of nitrogens with zero attached hydrogens (tertiary/aromatic N) is 4. The molecule has 3 heterocycles. The zero-order chi connectivity index (χ0) is 28.5. The Morgan fingerprint density at radius 2 is 1.93 bits per heavy atom. The van der Waals surface area contributed by atoms with Crippen LogP contribution in [-0.4, -0.2) is 46.2 Å². The van der Waals surface area contributed by atoms with Gasteiger partial charge in [0.05, 0.1) is 37.4 Å². The van der Waals surface area contributed by atoms with E-state index in [0.717, 1.165) is 52.6 Å². The maximum Gasteiger partial charge on any atom is 0.253 e. The Labute approximate surface area is 240 Å². The van der Waals surface area contributed by atoms with Gasteiger partial charge in [0.15, 0.2) is 11.5 Å². The van der Waals surface area contributed by atoms with Gasteiger partial charge in [-0.1, -0.05) is 39.2 Å². The Hall–Kier alpha value is -3.72. The largest absolute Gasteiger partial charge is 0.493 e. The van der Waals surface area contributed by atoms with Crippen LogP contribution in [-0.2, 0) is 13.0 Å². The molecule has 1 unspecified atom stereocenters. The SMILES string of the molecule is CCCCC(CC)CNC(=O)c1cc(-c2csc(-c3cnccn3)n2)n(CCc2ccc(OC)c(OC)c2)c1C. The van der Waals surface area contributed by atoms with Crippen molar-refractivity contribution in [2.24, 2.45) is 5.92 Å². The van der Waals surface area contributed by atoms with Crippen LogP contribution in [0.15, 0.2) is 48.2 Å². The van der Waals surface area contributed by atoms with Gasteiger partial charge in [-0.05, 0) is 49.4 Å². The number of carbonyl (C=O) groups excluding carboxylic acids is 1. The first-order chi connectivity index (χ1) is 19.5. The van der Waals surface area contributed by atoms with E-state index < -0.39 is 0 Å². The van der Waals surface area contributed by atoms with Crippen molar-refractivity contribution < 1.29 is 14.3 Å². The fourth-order valence-electron chi connectivity index (χ4n) is 4.85. The van der Waals surface area contributed by atoms with Crippen LogP contribution in [0.1, 0.15) is 61.1 Å². The highest BCUT2D eigenvalue weighted by Gasteiger charge is 2.21. The average molecular weight is 562 g/mol. The third kappa shape index (κ3) is 6.88. The zero-order valence-electron chi connectivity index (χ0n) is 24.1. The third-order valence-electron chi connectivity index (χ3n) is 7.33. The molecular formula is C31H39N5O3S. The summed E-state index contributed by atoms with van der Waals surface area (Å²) in [6, 6.07) is 7.94. The van der Waals surface area contributed by atoms with E-state index in [0.29, 0.717) is 36.1 Å². The molecular weight excluding hydrogens is 522 g/mol. The van der Waals surface area contributed by atoms with E-state index in [1.54, 1.807) is 32.8 Å². The lowest BCUT2D eigenvalue weighted by Crippen LogP contribution is -2.29. The Kier molecular flexibility index (Phi) is 10.3. The minimum Gasteiger partial charge on any atom is -0.493 e. The lowest BCUT2D eigenvalue weighted by molar-refractivity contribution is 0.0945. The highest BCUT2D eigenvalue weighted by atomic mass is 32.1. The lowest BCUT2D eigenvalue weighted by Gasteiger charge is -2.15. The molecule has 0 saturated carbocycles. The van der Waals surface area contributed by atoms with Gasteiger partial charge in [0.1, 0.15) is 10.7 Å². The van der Waals surface area contributed by atoms with Crippen molar-refractivity contribution in [3.05, 3.63) is 65.1 Å². The molecule has 1 amide bonds. The van der Waals surface area contributed by atoms with Crippen molar-refractivity contribution in [1.29, 1.82) is 0 Å². The number of thiazole rings is 1. The van der Waals surface area contributed by atoms with Crippen LogP contribution in [0.25, 0.3) is 22.1 Å². The Bertz CT molecular complexity index is 1400. The van der Waals surface area contributed by atoms with Crippen molar-refractivity contribution in [1.82, 2.24) is 24.8 Å². The highest BCUT2D eigenvalue weighted by Crippen LogP contribution is 2.32. The molecule has 0 aliphatic heterocycles.